The molecule has 4 heterocycles. The molecule has 2 aromatic rings. The number of aliphatic hydroxyl groups is 1. The lowest BCUT2D eigenvalue weighted by molar-refractivity contribution is -0.155. The number of nitrogens with zero attached hydrogens (tertiary/aromatic N) is 2. The van der Waals surface area contributed by atoms with Gasteiger partial charge in [0.05, 0.1) is 31.3 Å². The molecule has 6 rings (SSSR count). The number of carbonyl (C=O) groups is 3. The second-order valence-electron chi connectivity index (χ2n) is 11.3. The lowest BCUT2D eigenvalue weighted by atomic mass is 9.78. The molecule has 0 saturated carbocycles. The molecule has 1 N–H and O–H groups in total. The molecular weight excluding hydrogens is 508 g/mol. The highest BCUT2D eigenvalue weighted by Crippen LogP contribution is 2.54. The predicted molar refractivity (Wildman–Crippen MR) is 150 cm³/mol. The normalized spacial score (nSPS) is 32.3. The third-order valence-corrected chi connectivity index (χ3v) is 9.18. The minimum Gasteiger partial charge on any atom is -0.465 e. The number of carbonyl (C=O) groups excluding carboxylic acids is 3. The Morgan fingerprint density at radius 1 is 1.07 bits per heavy atom. The van der Waals surface area contributed by atoms with Crippen molar-refractivity contribution in [1.82, 2.24) is 4.90 Å². The monoisotopic (exact) mass is 544 g/mol. The van der Waals surface area contributed by atoms with Crippen LogP contribution in [0.15, 0.2) is 66.8 Å². The molecule has 4 aliphatic rings. The van der Waals surface area contributed by atoms with Gasteiger partial charge in [-0.15, -0.1) is 0 Å². The first-order chi connectivity index (χ1) is 19.4. The average molecular weight is 545 g/mol. The van der Waals surface area contributed by atoms with Crippen LogP contribution in [0.1, 0.15) is 33.1 Å². The number of ether oxygens (including phenoxy) is 2. The minimum absolute atomic E-state index is 0.0813. The van der Waals surface area contributed by atoms with Gasteiger partial charge in [-0.1, -0.05) is 74.9 Å². The fraction of sp³-hybridized carbons (Fsp3) is 0.469. The first-order valence-corrected chi connectivity index (χ1v) is 14.3. The number of esters is 1. The fourth-order valence-corrected chi connectivity index (χ4v) is 6.94. The van der Waals surface area contributed by atoms with Crippen molar-refractivity contribution in [2.45, 2.75) is 56.9 Å². The van der Waals surface area contributed by atoms with E-state index >= 15 is 0 Å². The predicted octanol–water partition coefficient (Wildman–Crippen LogP) is 3.62. The van der Waals surface area contributed by atoms with Crippen LogP contribution in [-0.4, -0.2) is 71.3 Å². The van der Waals surface area contributed by atoms with Gasteiger partial charge < -0.3 is 24.4 Å². The van der Waals surface area contributed by atoms with E-state index in [-0.39, 0.29) is 37.5 Å². The van der Waals surface area contributed by atoms with Gasteiger partial charge in [0.2, 0.25) is 5.91 Å². The van der Waals surface area contributed by atoms with Crippen LogP contribution >= 0.6 is 0 Å². The zero-order chi connectivity index (χ0) is 28.0. The Bertz CT molecular complexity index is 1390. The van der Waals surface area contributed by atoms with Crippen LogP contribution in [0.4, 0.5) is 5.69 Å². The van der Waals surface area contributed by atoms with E-state index in [1.165, 1.54) is 4.90 Å². The molecule has 1 unspecified atom stereocenters. The van der Waals surface area contributed by atoms with Crippen molar-refractivity contribution < 1.29 is 29.0 Å². The Morgan fingerprint density at radius 2 is 1.88 bits per heavy atom. The number of likely N-dealkylation sites (tertiary alicyclic amines) is 1. The zero-order valence-electron chi connectivity index (χ0n) is 22.9. The molecule has 0 aromatic heterocycles. The molecule has 2 aromatic carbocycles. The third-order valence-electron chi connectivity index (χ3n) is 9.18. The summed E-state index contributed by atoms with van der Waals surface area (Å²) in [6.07, 6.45) is 8.94. The number of hydrogen-bond acceptors (Lipinski definition) is 6. The molecule has 8 heteroatoms. The quantitative estimate of drug-likeness (QED) is 0.456. The maximum absolute atomic E-state index is 14.7. The largest absolute Gasteiger partial charge is 0.465 e. The molecule has 0 aliphatic carbocycles. The summed E-state index contributed by atoms with van der Waals surface area (Å²) in [5, 5.41) is 12.6. The highest BCUT2D eigenvalue weighted by molar-refractivity contribution is 6.06. The van der Waals surface area contributed by atoms with Gasteiger partial charge in [-0.05, 0) is 41.7 Å². The molecular formula is C32H36N2O6. The average Bonchev–Trinajstić information content (AvgIpc) is 3.38. The van der Waals surface area contributed by atoms with Crippen molar-refractivity contribution in [3.8, 4) is 0 Å². The summed E-state index contributed by atoms with van der Waals surface area (Å²) >= 11 is 0. The van der Waals surface area contributed by atoms with Crippen molar-refractivity contribution >= 4 is 34.2 Å². The van der Waals surface area contributed by atoms with Crippen molar-refractivity contribution in [1.29, 1.82) is 0 Å². The SMILES string of the molecule is CC[C@H](C)[C@H](CO)N1C(=O)[C@@H]2[C@H]3C(=O)OCCC/C=C\[C@H]3O[C@@]23C=CCN(c2ccc4ccccc4c2)C(=O)C13. The summed E-state index contributed by atoms with van der Waals surface area (Å²) in [4.78, 5) is 45.7. The molecule has 2 saturated heterocycles. The van der Waals surface area contributed by atoms with Gasteiger partial charge in [0.1, 0.15) is 17.6 Å². The van der Waals surface area contributed by atoms with Crippen LogP contribution in [0, 0.1) is 17.8 Å². The van der Waals surface area contributed by atoms with Crippen LogP contribution in [0.5, 0.6) is 0 Å². The molecule has 40 heavy (non-hydrogen) atoms. The van der Waals surface area contributed by atoms with Crippen LogP contribution in [0.2, 0.25) is 0 Å². The number of rotatable bonds is 5. The summed E-state index contributed by atoms with van der Waals surface area (Å²) in [6, 6.07) is 12.2. The van der Waals surface area contributed by atoms with Crippen molar-refractivity contribution in [2.24, 2.45) is 17.8 Å². The molecule has 2 fully saturated rings. The topological polar surface area (TPSA) is 96.4 Å². The molecule has 1 spiro atoms. The Morgan fingerprint density at radius 3 is 2.65 bits per heavy atom. The number of cyclic esters (lactones) is 1. The lowest BCUT2D eigenvalue weighted by Crippen LogP contribution is -2.59. The molecule has 0 radical (unpaired) electrons. The van der Waals surface area contributed by atoms with Crippen LogP contribution in [-0.2, 0) is 23.9 Å². The first-order valence-electron chi connectivity index (χ1n) is 14.3. The summed E-state index contributed by atoms with van der Waals surface area (Å²) in [5.74, 6) is -3.01. The van der Waals surface area contributed by atoms with E-state index in [1.807, 2.05) is 80.6 Å². The number of anilines is 1. The van der Waals surface area contributed by atoms with E-state index in [0.717, 1.165) is 17.2 Å². The summed E-state index contributed by atoms with van der Waals surface area (Å²) < 4.78 is 12.3. The van der Waals surface area contributed by atoms with E-state index < -0.39 is 41.6 Å². The van der Waals surface area contributed by atoms with Crippen molar-refractivity contribution in [3.05, 3.63) is 66.8 Å². The van der Waals surface area contributed by atoms with Gasteiger partial charge in [0.15, 0.2) is 0 Å². The number of amides is 2. The van der Waals surface area contributed by atoms with Gasteiger partial charge in [-0.3, -0.25) is 14.4 Å². The Hall–Kier alpha value is -3.49. The van der Waals surface area contributed by atoms with Gasteiger partial charge in [-0.2, -0.15) is 0 Å². The maximum atomic E-state index is 14.7. The van der Waals surface area contributed by atoms with Crippen LogP contribution in [0.25, 0.3) is 10.8 Å². The second-order valence-corrected chi connectivity index (χ2v) is 11.3. The van der Waals surface area contributed by atoms with E-state index in [0.29, 0.717) is 18.5 Å². The van der Waals surface area contributed by atoms with Crippen molar-refractivity contribution in [2.75, 3.05) is 24.7 Å². The van der Waals surface area contributed by atoms with Gasteiger partial charge in [0.25, 0.3) is 5.91 Å². The molecule has 4 aliphatic heterocycles. The highest BCUT2D eigenvalue weighted by Gasteiger charge is 2.72. The molecule has 210 valence electrons. The standard InChI is InChI=1S/C32H36N2O6/c1-3-20(2)24(19-35)34-28-30(37)33(23-14-13-21-10-6-7-11-22(21)18-23)16-9-15-32(28)27(29(34)36)26-25(40-32)12-5-4-8-17-39-31(26)38/h5-7,9-15,18,20,24-28,35H,3-4,8,16-17,19H2,1-2H3/b12-5-/t20-,24-,25+,26-,27-,28?,32-/m0/s1. The minimum atomic E-state index is -1.36. The molecule has 7 atom stereocenters. The lowest BCUT2D eigenvalue weighted by Gasteiger charge is -2.40. The van der Waals surface area contributed by atoms with Crippen molar-refractivity contribution in [3.63, 3.8) is 0 Å². The van der Waals surface area contributed by atoms with E-state index in [1.54, 1.807) is 4.90 Å². The Labute approximate surface area is 234 Å². The molecule has 2 amide bonds. The van der Waals surface area contributed by atoms with E-state index in [9.17, 15) is 19.5 Å². The Balaban J connectivity index is 1.49. The molecule has 0 bridgehead atoms. The highest BCUT2D eigenvalue weighted by atomic mass is 16.6. The summed E-state index contributed by atoms with van der Waals surface area (Å²) in [6.45, 7) is 4.22. The third kappa shape index (κ3) is 4.08. The van der Waals surface area contributed by atoms with Crippen LogP contribution < -0.4 is 4.90 Å². The zero-order valence-corrected chi connectivity index (χ0v) is 22.9. The second kappa shape index (κ2) is 10.5. The van der Waals surface area contributed by atoms with Gasteiger partial charge >= 0.3 is 5.97 Å². The fourth-order valence-electron chi connectivity index (χ4n) is 6.94. The van der Waals surface area contributed by atoms with E-state index in [4.69, 9.17) is 9.47 Å². The first kappa shape index (κ1) is 26.7. The Kier molecular flexibility index (Phi) is 7.00. The van der Waals surface area contributed by atoms with E-state index in [2.05, 4.69) is 0 Å². The summed E-state index contributed by atoms with van der Waals surface area (Å²) in [7, 11) is 0. The number of aliphatic hydroxyl groups excluding tert-OH is 1. The number of allylic oxidation sites excluding steroid dienone is 1. The van der Waals surface area contributed by atoms with Gasteiger partial charge in [-0.25, -0.2) is 0 Å². The maximum Gasteiger partial charge on any atom is 0.312 e. The number of benzene rings is 2. The molecule has 8 nitrogen and oxygen atoms in total. The van der Waals surface area contributed by atoms with Crippen LogP contribution in [0.3, 0.4) is 0 Å². The number of fused-ring (bicyclic) bond motifs is 3. The number of hydrogen-bond donors (Lipinski definition) is 1. The van der Waals surface area contributed by atoms with Gasteiger partial charge in [0, 0.05) is 12.2 Å². The smallest absolute Gasteiger partial charge is 0.312 e. The summed E-state index contributed by atoms with van der Waals surface area (Å²) in [5.41, 5.74) is -0.649.